The maximum absolute atomic E-state index is 12.4. The highest BCUT2D eigenvalue weighted by Gasteiger charge is 2.11. The summed E-state index contributed by atoms with van der Waals surface area (Å²) in [6, 6.07) is 28.8. The predicted molar refractivity (Wildman–Crippen MR) is 110 cm³/mol. The monoisotopic (exact) mass is 367 g/mol. The lowest BCUT2D eigenvalue weighted by Crippen LogP contribution is -2.12. The Morgan fingerprint density at radius 3 is 2.07 bits per heavy atom. The lowest BCUT2D eigenvalue weighted by Gasteiger charge is -2.10. The zero-order valence-corrected chi connectivity index (χ0v) is 15.0. The second-order valence-electron chi connectivity index (χ2n) is 6.26. The maximum Gasteiger partial charge on any atom is 0.343 e. The molecule has 4 aromatic rings. The quantitative estimate of drug-likeness (QED) is 0.393. The van der Waals surface area contributed by atoms with E-state index in [1.807, 2.05) is 48.5 Å². The molecule has 0 unspecified atom stereocenters. The largest absolute Gasteiger partial charge is 0.423 e. The average Bonchev–Trinajstić information content (AvgIpc) is 2.75. The Kier molecular flexibility index (Phi) is 4.85. The summed E-state index contributed by atoms with van der Waals surface area (Å²) in [7, 11) is 0. The second-order valence-corrected chi connectivity index (χ2v) is 6.26. The number of fused-ring (bicyclic) bond motifs is 1. The molecular weight excluding hydrogens is 350 g/mol. The smallest absolute Gasteiger partial charge is 0.343 e. The molecule has 1 N–H and O–H groups in total. The van der Waals surface area contributed by atoms with E-state index in [1.165, 1.54) is 0 Å². The molecule has 4 rings (SSSR count). The molecule has 0 atom stereocenters. The number of benzene rings is 4. The number of esters is 1. The number of hydrogen-bond acceptors (Lipinski definition) is 3. The van der Waals surface area contributed by atoms with Gasteiger partial charge in [-0.05, 0) is 53.9 Å². The molecule has 0 spiro atoms. The molecule has 4 aromatic carbocycles. The summed E-state index contributed by atoms with van der Waals surface area (Å²) < 4.78 is 5.47. The van der Waals surface area contributed by atoms with Crippen molar-refractivity contribution in [2.75, 3.05) is 5.32 Å². The third-order valence-electron chi connectivity index (χ3n) is 4.36. The van der Waals surface area contributed by atoms with Crippen LogP contribution in [0.25, 0.3) is 10.8 Å². The standard InChI is InChI=1S/C24H17NO3/c26-23(17-8-3-1-4-9-17)25-22-13-7-12-19-16-20(14-15-21(19)22)28-24(27)18-10-5-2-6-11-18/h1-16H,(H,25,26). The van der Waals surface area contributed by atoms with Crippen LogP contribution in [0.1, 0.15) is 20.7 Å². The summed E-state index contributed by atoms with van der Waals surface area (Å²) in [6.07, 6.45) is 0. The van der Waals surface area contributed by atoms with Crippen molar-refractivity contribution >= 4 is 28.3 Å². The fourth-order valence-electron chi connectivity index (χ4n) is 2.96. The fraction of sp³-hybridized carbons (Fsp3) is 0. The Bertz CT molecular complexity index is 1140. The van der Waals surface area contributed by atoms with E-state index in [-0.39, 0.29) is 5.91 Å². The highest BCUT2D eigenvalue weighted by Crippen LogP contribution is 2.28. The summed E-state index contributed by atoms with van der Waals surface area (Å²) in [5.74, 6) is -0.131. The van der Waals surface area contributed by atoms with Gasteiger partial charge in [-0.25, -0.2) is 4.79 Å². The van der Waals surface area contributed by atoms with Gasteiger partial charge < -0.3 is 10.1 Å². The lowest BCUT2D eigenvalue weighted by atomic mass is 10.1. The molecule has 0 fully saturated rings. The normalized spacial score (nSPS) is 10.4. The first-order valence-corrected chi connectivity index (χ1v) is 8.87. The van der Waals surface area contributed by atoms with E-state index in [1.54, 1.807) is 48.5 Å². The predicted octanol–water partition coefficient (Wildman–Crippen LogP) is 5.31. The van der Waals surface area contributed by atoms with Crippen LogP contribution in [0.3, 0.4) is 0 Å². The van der Waals surface area contributed by atoms with E-state index in [0.29, 0.717) is 22.6 Å². The second kappa shape index (κ2) is 7.76. The molecule has 28 heavy (non-hydrogen) atoms. The van der Waals surface area contributed by atoms with Gasteiger partial charge >= 0.3 is 5.97 Å². The van der Waals surface area contributed by atoms with Gasteiger partial charge in [0.05, 0.1) is 5.56 Å². The van der Waals surface area contributed by atoms with Crippen molar-refractivity contribution < 1.29 is 14.3 Å². The van der Waals surface area contributed by atoms with E-state index < -0.39 is 5.97 Å². The van der Waals surface area contributed by atoms with E-state index in [9.17, 15) is 9.59 Å². The van der Waals surface area contributed by atoms with Gasteiger partial charge in [0.25, 0.3) is 5.91 Å². The van der Waals surface area contributed by atoms with Crippen LogP contribution in [-0.4, -0.2) is 11.9 Å². The number of ether oxygens (including phenoxy) is 1. The molecule has 4 nitrogen and oxygen atoms in total. The number of amides is 1. The highest BCUT2D eigenvalue weighted by atomic mass is 16.5. The minimum absolute atomic E-state index is 0.173. The first-order chi connectivity index (χ1) is 13.7. The van der Waals surface area contributed by atoms with E-state index >= 15 is 0 Å². The molecule has 0 aliphatic carbocycles. The first-order valence-electron chi connectivity index (χ1n) is 8.87. The van der Waals surface area contributed by atoms with Gasteiger partial charge in [-0.2, -0.15) is 0 Å². The van der Waals surface area contributed by atoms with Gasteiger partial charge in [0.15, 0.2) is 0 Å². The first kappa shape index (κ1) is 17.5. The molecular formula is C24H17NO3. The van der Waals surface area contributed by atoms with Crippen LogP contribution in [0.5, 0.6) is 5.75 Å². The van der Waals surface area contributed by atoms with Crippen LogP contribution < -0.4 is 10.1 Å². The van der Waals surface area contributed by atoms with Crippen LogP contribution in [-0.2, 0) is 0 Å². The number of anilines is 1. The molecule has 4 heteroatoms. The van der Waals surface area contributed by atoms with Crippen LogP contribution >= 0.6 is 0 Å². The van der Waals surface area contributed by atoms with Gasteiger partial charge in [-0.1, -0.05) is 48.5 Å². The number of nitrogens with one attached hydrogen (secondary N) is 1. The number of hydrogen-bond donors (Lipinski definition) is 1. The number of carbonyl (C=O) groups excluding carboxylic acids is 2. The van der Waals surface area contributed by atoms with Crippen molar-refractivity contribution in [1.82, 2.24) is 0 Å². The Morgan fingerprint density at radius 2 is 1.36 bits per heavy atom. The Morgan fingerprint density at radius 1 is 0.679 bits per heavy atom. The van der Waals surface area contributed by atoms with Crippen molar-refractivity contribution in [2.45, 2.75) is 0 Å². The molecule has 0 saturated heterocycles. The van der Waals surface area contributed by atoms with Crippen molar-refractivity contribution in [3.63, 3.8) is 0 Å². The highest BCUT2D eigenvalue weighted by molar-refractivity contribution is 6.09. The van der Waals surface area contributed by atoms with Gasteiger partial charge in [-0.15, -0.1) is 0 Å². The fourth-order valence-corrected chi connectivity index (χ4v) is 2.96. The van der Waals surface area contributed by atoms with Gasteiger partial charge in [0.1, 0.15) is 5.75 Å². The molecule has 0 aromatic heterocycles. The summed E-state index contributed by atoms with van der Waals surface area (Å²) in [5.41, 5.74) is 1.78. The minimum atomic E-state index is -0.409. The SMILES string of the molecule is O=C(Nc1cccc2cc(OC(=O)c3ccccc3)ccc12)c1ccccc1. The van der Waals surface area contributed by atoms with E-state index in [4.69, 9.17) is 4.74 Å². The zero-order chi connectivity index (χ0) is 19.3. The topological polar surface area (TPSA) is 55.4 Å². The number of carbonyl (C=O) groups is 2. The maximum atomic E-state index is 12.4. The average molecular weight is 367 g/mol. The molecule has 0 heterocycles. The summed E-state index contributed by atoms with van der Waals surface area (Å²) in [4.78, 5) is 24.7. The molecule has 0 aliphatic rings. The minimum Gasteiger partial charge on any atom is -0.423 e. The molecule has 136 valence electrons. The zero-order valence-electron chi connectivity index (χ0n) is 15.0. The van der Waals surface area contributed by atoms with Crippen molar-refractivity contribution in [1.29, 1.82) is 0 Å². The summed E-state index contributed by atoms with van der Waals surface area (Å²) in [5, 5.41) is 4.67. The Hall–Kier alpha value is -3.92. The summed E-state index contributed by atoms with van der Waals surface area (Å²) >= 11 is 0. The van der Waals surface area contributed by atoms with Gasteiger partial charge in [0, 0.05) is 16.6 Å². The Labute approximate surface area is 162 Å². The Balaban J connectivity index is 1.58. The molecule has 0 saturated carbocycles. The number of rotatable bonds is 4. The third-order valence-corrected chi connectivity index (χ3v) is 4.36. The van der Waals surface area contributed by atoms with Crippen LogP contribution in [0.4, 0.5) is 5.69 Å². The lowest BCUT2D eigenvalue weighted by molar-refractivity contribution is 0.0735. The van der Waals surface area contributed by atoms with Gasteiger partial charge in [0.2, 0.25) is 0 Å². The van der Waals surface area contributed by atoms with Gasteiger partial charge in [-0.3, -0.25) is 4.79 Å². The molecule has 0 radical (unpaired) electrons. The van der Waals surface area contributed by atoms with Crippen molar-refractivity contribution in [3.05, 3.63) is 108 Å². The van der Waals surface area contributed by atoms with Crippen LogP contribution in [0.2, 0.25) is 0 Å². The van der Waals surface area contributed by atoms with E-state index in [0.717, 1.165) is 10.8 Å². The van der Waals surface area contributed by atoms with Crippen molar-refractivity contribution in [2.24, 2.45) is 0 Å². The third kappa shape index (κ3) is 3.76. The van der Waals surface area contributed by atoms with Crippen LogP contribution in [0.15, 0.2) is 97.1 Å². The van der Waals surface area contributed by atoms with Crippen molar-refractivity contribution in [3.8, 4) is 5.75 Å². The van der Waals surface area contributed by atoms with Crippen LogP contribution in [0, 0.1) is 0 Å². The van der Waals surface area contributed by atoms with E-state index in [2.05, 4.69) is 5.32 Å². The molecule has 0 aliphatic heterocycles. The summed E-state index contributed by atoms with van der Waals surface area (Å²) in [6.45, 7) is 0. The molecule has 1 amide bonds. The molecule has 0 bridgehead atoms.